The number of carbonyl (C=O) groups is 1. The highest BCUT2D eigenvalue weighted by molar-refractivity contribution is 6.06. The summed E-state index contributed by atoms with van der Waals surface area (Å²) in [5, 5.41) is 9.61. The second-order valence-electron chi connectivity index (χ2n) is 6.17. The number of nitrogens with two attached hydrogens (primary N) is 1. The minimum Gasteiger partial charge on any atom is -0.392 e. The van der Waals surface area contributed by atoms with Crippen molar-refractivity contribution >= 4 is 11.6 Å². The molecule has 1 unspecified atom stereocenters. The predicted octanol–water partition coefficient (Wildman–Crippen LogP) is 1.35. The van der Waals surface area contributed by atoms with Gasteiger partial charge in [0.1, 0.15) is 0 Å². The Morgan fingerprint density at radius 1 is 1.15 bits per heavy atom. The molecule has 132 valence electrons. The van der Waals surface area contributed by atoms with Crippen molar-refractivity contribution in [2.24, 2.45) is 5.73 Å². The molecule has 0 bridgehead atoms. The lowest BCUT2D eigenvalue weighted by atomic mass is 10.1. The molecule has 26 heavy (non-hydrogen) atoms. The van der Waals surface area contributed by atoms with E-state index < -0.39 is 5.92 Å². The van der Waals surface area contributed by atoms with Crippen molar-refractivity contribution in [3.8, 4) is 5.69 Å². The summed E-state index contributed by atoms with van der Waals surface area (Å²) in [7, 11) is 0. The molecule has 0 saturated heterocycles. The second kappa shape index (κ2) is 6.70. The highest BCUT2D eigenvalue weighted by Crippen LogP contribution is 2.40. The first-order chi connectivity index (χ1) is 12.7. The number of hydrogen-bond acceptors (Lipinski definition) is 5. The first-order valence-electron chi connectivity index (χ1n) is 8.41. The van der Waals surface area contributed by atoms with Crippen molar-refractivity contribution in [3.63, 3.8) is 0 Å². The third-order valence-electron chi connectivity index (χ3n) is 4.73. The first-order valence-corrected chi connectivity index (χ1v) is 8.41. The molecule has 0 fully saturated rings. The number of aliphatic hydroxyl groups is 1. The average Bonchev–Trinajstić information content (AvgIpc) is 3.29. The van der Waals surface area contributed by atoms with Gasteiger partial charge in [0, 0.05) is 25.1 Å². The fourth-order valence-corrected chi connectivity index (χ4v) is 3.42. The molecule has 1 aliphatic heterocycles. The third kappa shape index (κ3) is 2.58. The zero-order chi connectivity index (χ0) is 18.1. The van der Waals surface area contributed by atoms with E-state index in [-0.39, 0.29) is 19.1 Å². The predicted molar refractivity (Wildman–Crippen MR) is 96.7 cm³/mol. The molecule has 0 aliphatic carbocycles. The van der Waals surface area contributed by atoms with Crippen LogP contribution in [0.2, 0.25) is 0 Å². The molecule has 3 heterocycles. The number of aromatic nitrogens is 3. The Morgan fingerprint density at radius 3 is 2.65 bits per heavy atom. The Balaban J connectivity index is 1.84. The molecule has 1 atom stereocenters. The Morgan fingerprint density at radius 2 is 1.96 bits per heavy atom. The van der Waals surface area contributed by atoms with E-state index in [4.69, 9.17) is 5.73 Å². The van der Waals surface area contributed by atoms with E-state index in [1.165, 1.54) is 0 Å². The van der Waals surface area contributed by atoms with Crippen LogP contribution in [0.4, 0.5) is 5.69 Å². The molecule has 4 rings (SSSR count). The van der Waals surface area contributed by atoms with Gasteiger partial charge in [-0.2, -0.15) is 0 Å². The highest BCUT2D eigenvalue weighted by atomic mass is 16.3. The van der Waals surface area contributed by atoms with E-state index in [1.54, 1.807) is 23.6 Å². The van der Waals surface area contributed by atoms with E-state index in [2.05, 4.69) is 9.97 Å². The topological polar surface area (TPSA) is 97.3 Å². The quantitative estimate of drug-likeness (QED) is 0.725. The molecule has 1 aromatic carbocycles. The maximum Gasteiger partial charge on any atom is 0.237 e. The van der Waals surface area contributed by atoms with Gasteiger partial charge in [0.05, 0.1) is 42.5 Å². The Hall–Kier alpha value is -3.03. The van der Waals surface area contributed by atoms with Crippen LogP contribution in [-0.2, 0) is 17.9 Å². The van der Waals surface area contributed by atoms with Crippen LogP contribution < -0.4 is 10.6 Å². The van der Waals surface area contributed by atoms with E-state index in [9.17, 15) is 9.90 Å². The van der Waals surface area contributed by atoms with Gasteiger partial charge in [0.25, 0.3) is 0 Å². The number of anilines is 1. The van der Waals surface area contributed by atoms with Crippen LogP contribution in [-0.4, -0.2) is 32.1 Å². The van der Waals surface area contributed by atoms with E-state index in [1.807, 2.05) is 41.1 Å². The number of fused-ring (bicyclic) bond motifs is 1. The summed E-state index contributed by atoms with van der Waals surface area (Å²) >= 11 is 0. The number of nitrogens with zero attached hydrogens (tertiary/aromatic N) is 4. The largest absolute Gasteiger partial charge is 0.392 e. The molecule has 0 spiro atoms. The fourth-order valence-electron chi connectivity index (χ4n) is 3.42. The lowest BCUT2D eigenvalue weighted by molar-refractivity contribution is -0.119. The highest BCUT2D eigenvalue weighted by Gasteiger charge is 2.39. The van der Waals surface area contributed by atoms with Gasteiger partial charge in [-0.05, 0) is 17.2 Å². The van der Waals surface area contributed by atoms with Crippen molar-refractivity contribution in [2.75, 3.05) is 11.4 Å². The number of amides is 1. The molecular formula is C19H19N5O2. The SMILES string of the molecule is NCC1C(=O)N(Cc2ccccc2CO)c2c(-n3ccnc3)ccnc21. The number of imidazole rings is 1. The standard InChI is InChI=1S/C19H19N5O2/c20-9-15-17-18(16(5-6-22-17)23-8-7-21-12-23)24(19(15)26)10-13-3-1-2-4-14(13)11-25/h1-8,12,15,25H,9-11,20H2. The Kier molecular flexibility index (Phi) is 4.24. The number of carbonyl (C=O) groups excluding carboxylic acids is 1. The molecule has 3 N–H and O–H groups in total. The number of hydrogen-bond donors (Lipinski definition) is 2. The molecular weight excluding hydrogens is 330 g/mol. The van der Waals surface area contributed by atoms with Crippen LogP contribution in [0.25, 0.3) is 5.69 Å². The van der Waals surface area contributed by atoms with Gasteiger partial charge < -0.3 is 20.3 Å². The summed E-state index contributed by atoms with van der Waals surface area (Å²) in [6.07, 6.45) is 6.90. The van der Waals surface area contributed by atoms with Gasteiger partial charge >= 0.3 is 0 Å². The fraction of sp³-hybridized carbons (Fsp3) is 0.211. The van der Waals surface area contributed by atoms with Crippen molar-refractivity contribution in [1.82, 2.24) is 14.5 Å². The van der Waals surface area contributed by atoms with Crippen LogP contribution in [0.5, 0.6) is 0 Å². The van der Waals surface area contributed by atoms with Crippen molar-refractivity contribution in [2.45, 2.75) is 19.1 Å². The normalized spacial score (nSPS) is 16.2. The van der Waals surface area contributed by atoms with E-state index >= 15 is 0 Å². The van der Waals surface area contributed by atoms with Crippen LogP contribution in [0.1, 0.15) is 22.7 Å². The zero-order valence-electron chi connectivity index (χ0n) is 14.1. The summed E-state index contributed by atoms with van der Waals surface area (Å²) in [4.78, 5) is 23.3. The molecule has 7 nitrogen and oxygen atoms in total. The van der Waals surface area contributed by atoms with E-state index in [0.717, 1.165) is 22.5 Å². The van der Waals surface area contributed by atoms with Crippen molar-refractivity contribution < 1.29 is 9.90 Å². The number of benzene rings is 1. The minimum absolute atomic E-state index is 0.0738. The van der Waals surface area contributed by atoms with Gasteiger partial charge in [0.15, 0.2) is 0 Å². The third-order valence-corrected chi connectivity index (χ3v) is 4.73. The maximum atomic E-state index is 13.0. The molecule has 7 heteroatoms. The minimum atomic E-state index is -0.463. The molecule has 1 aliphatic rings. The Bertz CT molecular complexity index is 939. The van der Waals surface area contributed by atoms with Crippen LogP contribution in [0.3, 0.4) is 0 Å². The van der Waals surface area contributed by atoms with Gasteiger partial charge in [-0.15, -0.1) is 0 Å². The molecule has 1 amide bonds. The monoisotopic (exact) mass is 349 g/mol. The Labute approximate surface area is 150 Å². The van der Waals surface area contributed by atoms with Gasteiger partial charge in [-0.25, -0.2) is 4.98 Å². The zero-order valence-corrected chi connectivity index (χ0v) is 14.1. The average molecular weight is 349 g/mol. The summed E-state index contributed by atoms with van der Waals surface area (Å²) in [5.41, 5.74) is 9.83. The van der Waals surface area contributed by atoms with Crippen molar-refractivity contribution in [1.29, 1.82) is 0 Å². The summed E-state index contributed by atoms with van der Waals surface area (Å²) in [6, 6.07) is 9.41. The van der Waals surface area contributed by atoms with Gasteiger partial charge in [0.2, 0.25) is 5.91 Å². The number of rotatable bonds is 5. The van der Waals surface area contributed by atoms with Crippen LogP contribution in [0.15, 0.2) is 55.2 Å². The lowest BCUT2D eigenvalue weighted by Crippen LogP contribution is -2.31. The second-order valence-corrected chi connectivity index (χ2v) is 6.17. The number of pyridine rings is 1. The molecule has 0 saturated carbocycles. The molecule has 0 radical (unpaired) electrons. The summed E-state index contributed by atoms with van der Waals surface area (Å²) in [5.74, 6) is -0.537. The summed E-state index contributed by atoms with van der Waals surface area (Å²) < 4.78 is 1.86. The van der Waals surface area contributed by atoms with E-state index in [0.29, 0.717) is 12.2 Å². The van der Waals surface area contributed by atoms with Gasteiger partial charge in [-0.1, -0.05) is 24.3 Å². The van der Waals surface area contributed by atoms with Gasteiger partial charge in [-0.3, -0.25) is 9.78 Å². The lowest BCUT2D eigenvalue weighted by Gasteiger charge is -2.21. The smallest absolute Gasteiger partial charge is 0.237 e. The van der Waals surface area contributed by atoms with Crippen LogP contribution >= 0.6 is 0 Å². The van der Waals surface area contributed by atoms with Crippen LogP contribution in [0, 0.1) is 0 Å². The maximum absolute atomic E-state index is 13.0. The molecule has 2 aromatic heterocycles. The summed E-state index contributed by atoms with van der Waals surface area (Å²) in [6.45, 7) is 0.476. The first kappa shape index (κ1) is 16.4. The number of aliphatic hydroxyl groups excluding tert-OH is 1. The van der Waals surface area contributed by atoms with Crippen molar-refractivity contribution in [3.05, 3.63) is 72.1 Å². The molecule has 3 aromatic rings.